The first kappa shape index (κ1) is 20.7. The van der Waals surface area contributed by atoms with Gasteiger partial charge in [0.15, 0.2) is 11.5 Å². The Balaban J connectivity index is 1.37. The van der Waals surface area contributed by atoms with Crippen LogP contribution in [0.4, 0.5) is 4.79 Å². The van der Waals surface area contributed by atoms with Crippen molar-refractivity contribution in [3.05, 3.63) is 46.2 Å². The van der Waals surface area contributed by atoms with Crippen LogP contribution in [0.1, 0.15) is 30.9 Å². The van der Waals surface area contributed by atoms with Crippen molar-refractivity contribution in [1.29, 1.82) is 0 Å². The molecule has 0 radical (unpaired) electrons. The van der Waals surface area contributed by atoms with Gasteiger partial charge in [-0.05, 0) is 78.9 Å². The summed E-state index contributed by atoms with van der Waals surface area (Å²) in [6, 6.07) is 7.10. The van der Waals surface area contributed by atoms with Gasteiger partial charge in [-0.15, -0.1) is 0 Å². The minimum atomic E-state index is -0.850. The van der Waals surface area contributed by atoms with E-state index in [2.05, 4.69) is 10.2 Å². The second kappa shape index (κ2) is 8.28. The monoisotopic (exact) mass is 429 g/mol. The largest absolute Gasteiger partial charge is 0.504 e. The summed E-state index contributed by atoms with van der Waals surface area (Å²) in [7, 11) is 1.53. The number of amides is 3. The summed E-state index contributed by atoms with van der Waals surface area (Å²) < 4.78 is 5.10. The summed E-state index contributed by atoms with van der Waals surface area (Å²) >= 11 is 1.56. The third kappa shape index (κ3) is 3.89. The number of hydrogen-bond acceptors (Lipinski definition) is 6. The van der Waals surface area contributed by atoms with Crippen molar-refractivity contribution in [1.82, 2.24) is 15.1 Å². The number of methoxy groups -OCH3 is 1. The summed E-state index contributed by atoms with van der Waals surface area (Å²) in [4.78, 5) is 29.3. The fraction of sp³-hybridized carbons (Fsp3) is 0.455. The lowest BCUT2D eigenvalue weighted by atomic mass is 9.79. The zero-order chi connectivity index (χ0) is 21.3. The molecule has 3 amide bonds. The lowest BCUT2D eigenvalue weighted by Gasteiger charge is -2.39. The van der Waals surface area contributed by atoms with Crippen LogP contribution < -0.4 is 10.1 Å². The van der Waals surface area contributed by atoms with E-state index in [1.807, 2.05) is 29.8 Å². The van der Waals surface area contributed by atoms with Crippen LogP contribution >= 0.6 is 11.3 Å². The molecule has 2 aromatic rings. The first-order valence-electron chi connectivity index (χ1n) is 10.1. The van der Waals surface area contributed by atoms with Gasteiger partial charge in [0.2, 0.25) is 0 Å². The molecule has 1 atom stereocenters. The molecule has 7 nitrogen and oxygen atoms in total. The molecule has 2 aliphatic heterocycles. The highest BCUT2D eigenvalue weighted by Gasteiger charge is 2.52. The summed E-state index contributed by atoms with van der Waals surface area (Å²) in [6.45, 7) is 4.58. The number of carbonyl (C=O) groups excluding carboxylic acids is 2. The second-order valence-corrected chi connectivity index (χ2v) is 8.99. The van der Waals surface area contributed by atoms with Crippen LogP contribution in [-0.4, -0.2) is 52.6 Å². The molecule has 2 fully saturated rings. The highest BCUT2D eigenvalue weighted by atomic mass is 32.1. The average molecular weight is 430 g/mol. The van der Waals surface area contributed by atoms with Gasteiger partial charge in [0, 0.05) is 6.54 Å². The van der Waals surface area contributed by atoms with Crippen LogP contribution in [0, 0.1) is 5.92 Å². The molecule has 4 rings (SSSR count). The number of imide groups is 1. The number of benzene rings is 1. The van der Waals surface area contributed by atoms with Crippen molar-refractivity contribution in [2.45, 2.75) is 38.4 Å². The number of ether oxygens (including phenoxy) is 1. The Labute approximate surface area is 180 Å². The predicted molar refractivity (Wildman–Crippen MR) is 114 cm³/mol. The van der Waals surface area contributed by atoms with E-state index in [0.29, 0.717) is 12.3 Å². The number of carbonyl (C=O) groups is 2. The maximum absolute atomic E-state index is 13.1. The van der Waals surface area contributed by atoms with Crippen LogP contribution in [0.25, 0.3) is 0 Å². The van der Waals surface area contributed by atoms with E-state index >= 15 is 0 Å². The number of thiophene rings is 1. The van der Waals surface area contributed by atoms with Crippen molar-refractivity contribution in [2.24, 2.45) is 5.92 Å². The van der Waals surface area contributed by atoms with Crippen molar-refractivity contribution >= 4 is 23.3 Å². The van der Waals surface area contributed by atoms with E-state index in [4.69, 9.17) is 4.74 Å². The number of urea groups is 1. The molecular formula is C22H27N3O4S. The molecule has 3 heterocycles. The van der Waals surface area contributed by atoms with Gasteiger partial charge >= 0.3 is 6.03 Å². The standard InChI is InChI=1S/C22H27N3O4S/c1-22(20(27)25(21(28)23-22)13-16-7-10-30-14-16)17-5-8-24(9-6-17)12-15-3-4-19(29-2)18(26)11-15/h3-4,7,10-11,14,17,26H,5-6,8-9,12-13H2,1-2H3,(H,23,28). The number of likely N-dealkylation sites (tertiary alicyclic amines) is 1. The van der Waals surface area contributed by atoms with Crippen molar-refractivity contribution in [3.63, 3.8) is 0 Å². The Hall–Kier alpha value is -2.58. The third-order valence-corrected chi connectivity index (χ3v) is 7.01. The molecule has 0 spiro atoms. The Morgan fingerprint density at radius 2 is 1.97 bits per heavy atom. The molecule has 160 valence electrons. The van der Waals surface area contributed by atoms with Gasteiger partial charge in [-0.2, -0.15) is 11.3 Å². The van der Waals surface area contributed by atoms with Crippen molar-refractivity contribution in [3.8, 4) is 11.5 Å². The third-order valence-electron chi connectivity index (χ3n) is 6.28. The zero-order valence-corrected chi connectivity index (χ0v) is 18.1. The molecule has 2 N–H and O–H groups in total. The van der Waals surface area contributed by atoms with E-state index in [1.54, 1.807) is 23.5 Å². The zero-order valence-electron chi connectivity index (χ0n) is 17.3. The number of nitrogens with zero attached hydrogens (tertiary/aromatic N) is 2. The predicted octanol–water partition coefficient (Wildman–Crippen LogP) is 3.19. The first-order chi connectivity index (χ1) is 14.4. The van der Waals surface area contributed by atoms with E-state index in [-0.39, 0.29) is 23.6 Å². The Kier molecular flexibility index (Phi) is 5.71. The molecule has 8 heteroatoms. The summed E-state index contributed by atoms with van der Waals surface area (Å²) in [5.41, 5.74) is 1.15. The van der Waals surface area contributed by atoms with Crippen LogP contribution in [-0.2, 0) is 17.9 Å². The minimum Gasteiger partial charge on any atom is -0.504 e. The van der Waals surface area contributed by atoms with Crippen LogP contribution in [0.3, 0.4) is 0 Å². The van der Waals surface area contributed by atoms with E-state index in [1.165, 1.54) is 12.0 Å². The number of piperidine rings is 1. The van der Waals surface area contributed by atoms with Gasteiger partial charge in [-0.1, -0.05) is 6.07 Å². The smallest absolute Gasteiger partial charge is 0.325 e. The molecule has 1 unspecified atom stereocenters. The highest BCUT2D eigenvalue weighted by Crippen LogP contribution is 2.35. The quantitative estimate of drug-likeness (QED) is 0.690. The normalized spacial score (nSPS) is 23.1. The molecule has 0 aliphatic carbocycles. The van der Waals surface area contributed by atoms with Crippen LogP contribution in [0.5, 0.6) is 11.5 Å². The molecule has 0 saturated carbocycles. The second-order valence-electron chi connectivity index (χ2n) is 8.21. The van der Waals surface area contributed by atoms with Gasteiger partial charge in [-0.25, -0.2) is 4.79 Å². The average Bonchev–Trinajstić information content (AvgIpc) is 3.32. The summed E-state index contributed by atoms with van der Waals surface area (Å²) in [6.07, 6.45) is 1.66. The molecule has 30 heavy (non-hydrogen) atoms. The van der Waals surface area contributed by atoms with Crippen molar-refractivity contribution in [2.75, 3.05) is 20.2 Å². The van der Waals surface area contributed by atoms with E-state index in [9.17, 15) is 14.7 Å². The topological polar surface area (TPSA) is 82.1 Å². The number of phenolic OH excluding ortho intramolecular Hbond substituents is 1. The number of nitrogens with one attached hydrogen (secondary N) is 1. The van der Waals surface area contributed by atoms with Gasteiger partial charge in [0.05, 0.1) is 13.7 Å². The Bertz CT molecular complexity index is 924. The molecule has 1 aromatic heterocycles. The lowest BCUT2D eigenvalue weighted by Crippen LogP contribution is -2.53. The van der Waals surface area contributed by atoms with E-state index < -0.39 is 5.54 Å². The number of phenols is 1. The first-order valence-corrected chi connectivity index (χ1v) is 11.1. The van der Waals surface area contributed by atoms with Crippen molar-refractivity contribution < 1.29 is 19.4 Å². The summed E-state index contributed by atoms with van der Waals surface area (Å²) in [5, 5.41) is 16.9. The molecule has 1 aromatic carbocycles. The minimum absolute atomic E-state index is 0.0990. The Morgan fingerprint density at radius 3 is 2.60 bits per heavy atom. The van der Waals surface area contributed by atoms with Crippen LogP contribution in [0.2, 0.25) is 0 Å². The summed E-state index contributed by atoms with van der Waals surface area (Å²) in [5.74, 6) is 0.578. The fourth-order valence-corrected chi connectivity index (χ4v) is 5.12. The lowest BCUT2D eigenvalue weighted by molar-refractivity contribution is -0.133. The molecule has 2 saturated heterocycles. The van der Waals surface area contributed by atoms with Crippen LogP contribution in [0.15, 0.2) is 35.0 Å². The Morgan fingerprint density at radius 1 is 1.20 bits per heavy atom. The maximum Gasteiger partial charge on any atom is 0.325 e. The maximum atomic E-state index is 13.1. The fourth-order valence-electron chi connectivity index (χ4n) is 4.46. The van der Waals surface area contributed by atoms with Gasteiger partial charge < -0.3 is 15.2 Å². The highest BCUT2D eigenvalue weighted by molar-refractivity contribution is 7.07. The molecular weight excluding hydrogens is 402 g/mol. The van der Waals surface area contributed by atoms with Gasteiger partial charge in [0.1, 0.15) is 5.54 Å². The number of rotatable bonds is 6. The molecule has 0 bridgehead atoms. The molecule has 2 aliphatic rings. The van der Waals surface area contributed by atoms with Gasteiger partial charge in [-0.3, -0.25) is 14.6 Å². The van der Waals surface area contributed by atoms with Gasteiger partial charge in [0.25, 0.3) is 5.91 Å². The SMILES string of the molecule is COc1ccc(CN2CCC(C3(C)NC(=O)N(Cc4ccsc4)C3=O)CC2)cc1O. The van der Waals surface area contributed by atoms with E-state index in [0.717, 1.165) is 43.6 Å². The number of hydrogen-bond donors (Lipinski definition) is 2. The number of aromatic hydroxyl groups is 1.